The van der Waals surface area contributed by atoms with E-state index in [0.717, 1.165) is 0 Å². The van der Waals surface area contributed by atoms with E-state index in [9.17, 15) is 4.79 Å². The number of aliphatic hydroxyl groups is 1. The van der Waals surface area contributed by atoms with E-state index in [0.29, 0.717) is 0 Å². The fourth-order valence-corrected chi connectivity index (χ4v) is 0.652. The summed E-state index contributed by atoms with van der Waals surface area (Å²) in [4.78, 5) is 9.56. The Balaban J connectivity index is 0. The fraction of sp³-hybridized carbons (Fsp3) is 0.857. The number of hydrogen-bond donors (Lipinski definition) is 1. The van der Waals surface area contributed by atoms with Crippen LogP contribution >= 0.6 is 23.2 Å². The number of halogens is 2. The largest absolute Gasteiger partial charge is 0.394 e. The van der Waals surface area contributed by atoms with E-state index >= 15 is 0 Å². The molecule has 11 heavy (non-hydrogen) atoms. The zero-order valence-corrected chi connectivity index (χ0v) is 8.49. The van der Waals surface area contributed by atoms with Gasteiger partial charge in [-0.15, -0.1) is 23.2 Å². The van der Waals surface area contributed by atoms with Crippen molar-refractivity contribution >= 4 is 29.0 Å². The van der Waals surface area contributed by atoms with Gasteiger partial charge in [0, 0.05) is 12.5 Å². The summed E-state index contributed by atoms with van der Waals surface area (Å²) in [6.45, 7) is 4.90. The first-order valence-electron chi connectivity index (χ1n) is 3.32. The lowest BCUT2D eigenvalue weighted by molar-refractivity contribution is -0.116. The summed E-state index contributed by atoms with van der Waals surface area (Å²) in [7, 11) is 0. The molecule has 0 aliphatic carbocycles. The molecule has 0 aromatic carbocycles. The SMILES string of the molecule is CC(=O)CC(Cl)Cl.CC(C)O. The third kappa shape index (κ3) is 38.8. The van der Waals surface area contributed by atoms with E-state index in [1.165, 1.54) is 6.92 Å². The molecule has 0 rings (SSSR count). The van der Waals surface area contributed by atoms with Gasteiger partial charge < -0.3 is 5.11 Å². The van der Waals surface area contributed by atoms with Crippen LogP contribution in [-0.4, -0.2) is 21.8 Å². The summed E-state index contributed by atoms with van der Waals surface area (Å²) in [5.74, 6) is 0.0231. The highest BCUT2D eigenvalue weighted by molar-refractivity contribution is 6.45. The van der Waals surface area contributed by atoms with E-state index < -0.39 is 4.84 Å². The molecule has 0 aromatic heterocycles. The Morgan fingerprint density at radius 1 is 1.45 bits per heavy atom. The smallest absolute Gasteiger partial charge is 0.132 e. The zero-order valence-electron chi connectivity index (χ0n) is 6.97. The van der Waals surface area contributed by atoms with E-state index in [2.05, 4.69) is 0 Å². The van der Waals surface area contributed by atoms with Gasteiger partial charge in [0.1, 0.15) is 10.6 Å². The van der Waals surface area contributed by atoms with Gasteiger partial charge in [0.2, 0.25) is 0 Å². The number of hydrogen-bond acceptors (Lipinski definition) is 2. The fourth-order valence-electron chi connectivity index (χ4n) is 0.217. The molecule has 0 saturated heterocycles. The van der Waals surface area contributed by atoms with E-state index in [1.807, 2.05) is 0 Å². The monoisotopic (exact) mass is 200 g/mol. The maximum absolute atomic E-state index is 10.1. The van der Waals surface area contributed by atoms with Gasteiger partial charge in [-0.2, -0.15) is 0 Å². The second kappa shape index (κ2) is 8.31. The number of Topliss-reactive ketones (excluding diaryl/α,β-unsaturated/α-hetero) is 1. The highest BCUT2D eigenvalue weighted by Gasteiger charge is 2.00. The summed E-state index contributed by atoms with van der Waals surface area (Å²) in [5.41, 5.74) is 0. The first-order chi connectivity index (χ1) is 4.86. The van der Waals surface area contributed by atoms with Crippen LogP contribution in [0.15, 0.2) is 0 Å². The molecule has 0 fully saturated rings. The number of ketones is 1. The standard InChI is InChI=1S/C4H6Cl2O.C3H8O/c1-3(7)2-4(5)6;1-3(2)4/h4H,2H2,1H3;3-4H,1-2H3. The summed E-state index contributed by atoms with van der Waals surface area (Å²) in [6, 6.07) is 0. The topological polar surface area (TPSA) is 37.3 Å². The van der Waals surface area contributed by atoms with Crippen LogP contribution < -0.4 is 0 Å². The highest BCUT2D eigenvalue weighted by atomic mass is 35.5. The molecule has 0 aromatic rings. The average molecular weight is 201 g/mol. The Hall–Kier alpha value is 0.210. The maximum atomic E-state index is 10.1. The van der Waals surface area contributed by atoms with Gasteiger partial charge in [-0.1, -0.05) is 0 Å². The molecule has 0 aliphatic rings. The first-order valence-corrected chi connectivity index (χ1v) is 4.19. The predicted octanol–water partition coefficient (Wildman–Crippen LogP) is 2.16. The summed E-state index contributed by atoms with van der Waals surface area (Å²) in [5, 5.41) is 8.06. The average Bonchev–Trinajstić information content (AvgIpc) is 1.56. The molecule has 4 heteroatoms. The van der Waals surface area contributed by atoms with Crippen LogP contribution in [0.3, 0.4) is 0 Å². The van der Waals surface area contributed by atoms with Gasteiger partial charge in [-0.05, 0) is 20.8 Å². The molecule has 0 unspecified atom stereocenters. The molecule has 0 aliphatic heterocycles. The van der Waals surface area contributed by atoms with Gasteiger partial charge in [-0.3, -0.25) is 4.79 Å². The van der Waals surface area contributed by atoms with E-state index in [1.54, 1.807) is 13.8 Å². The van der Waals surface area contributed by atoms with Crippen LogP contribution in [0.1, 0.15) is 27.2 Å². The summed E-state index contributed by atoms with van der Waals surface area (Å²) < 4.78 is 0. The highest BCUT2D eigenvalue weighted by Crippen LogP contribution is 2.05. The Morgan fingerprint density at radius 3 is 1.73 bits per heavy atom. The second-order valence-electron chi connectivity index (χ2n) is 2.39. The molecule has 0 amide bonds. The number of rotatable bonds is 2. The minimum atomic E-state index is -0.530. The zero-order chi connectivity index (χ0) is 9.44. The van der Waals surface area contributed by atoms with Crippen LogP contribution in [0.2, 0.25) is 0 Å². The third-order valence-electron chi connectivity index (χ3n) is 0.442. The van der Waals surface area contributed by atoms with Crippen molar-refractivity contribution in [3.05, 3.63) is 0 Å². The molecule has 0 spiro atoms. The van der Waals surface area contributed by atoms with Crippen LogP contribution in [0.5, 0.6) is 0 Å². The number of carbonyl (C=O) groups is 1. The number of carbonyl (C=O) groups excluding carboxylic acids is 1. The molecule has 0 radical (unpaired) electrons. The van der Waals surface area contributed by atoms with Crippen molar-refractivity contribution in [1.29, 1.82) is 0 Å². The van der Waals surface area contributed by atoms with Gasteiger partial charge in [0.15, 0.2) is 0 Å². The van der Waals surface area contributed by atoms with Crippen LogP contribution in [-0.2, 0) is 4.79 Å². The van der Waals surface area contributed by atoms with Crippen LogP contribution in [0.25, 0.3) is 0 Å². The van der Waals surface area contributed by atoms with Crippen molar-refractivity contribution in [2.45, 2.75) is 38.1 Å². The van der Waals surface area contributed by atoms with Crippen LogP contribution in [0, 0.1) is 0 Å². The normalized spacial score (nSPS) is 9.45. The van der Waals surface area contributed by atoms with Gasteiger partial charge in [0.05, 0.1) is 0 Å². The lowest BCUT2D eigenvalue weighted by Gasteiger charge is -1.90. The molecular formula is C7H14Cl2O2. The van der Waals surface area contributed by atoms with Crippen molar-refractivity contribution in [3.63, 3.8) is 0 Å². The Labute approximate surface area is 77.5 Å². The van der Waals surface area contributed by atoms with Crippen molar-refractivity contribution in [2.75, 3.05) is 0 Å². The molecule has 0 atom stereocenters. The molecule has 68 valence electrons. The van der Waals surface area contributed by atoms with Crippen LogP contribution in [0.4, 0.5) is 0 Å². The molecule has 0 saturated carbocycles. The number of alkyl halides is 2. The summed E-state index contributed by atoms with van der Waals surface area (Å²) >= 11 is 10.4. The lowest BCUT2D eigenvalue weighted by Crippen LogP contribution is -1.95. The first kappa shape index (κ1) is 13.8. The van der Waals surface area contributed by atoms with E-state index in [-0.39, 0.29) is 18.3 Å². The summed E-state index contributed by atoms with van der Waals surface area (Å²) in [6.07, 6.45) is 0.0864. The molecule has 1 N–H and O–H groups in total. The molecule has 0 bridgehead atoms. The third-order valence-corrected chi connectivity index (χ3v) is 0.750. The number of aliphatic hydroxyl groups excluding tert-OH is 1. The van der Waals surface area contributed by atoms with Gasteiger partial charge >= 0.3 is 0 Å². The minimum Gasteiger partial charge on any atom is -0.394 e. The minimum absolute atomic E-state index is 0.0231. The van der Waals surface area contributed by atoms with Crippen molar-refractivity contribution in [2.24, 2.45) is 0 Å². The Bertz CT molecular complexity index is 99.9. The maximum Gasteiger partial charge on any atom is 0.132 e. The van der Waals surface area contributed by atoms with Crippen molar-refractivity contribution < 1.29 is 9.90 Å². The van der Waals surface area contributed by atoms with Crippen molar-refractivity contribution in [1.82, 2.24) is 0 Å². The van der Waals surface area contributed by atoms with Gasteiger partial charge in [0.25, 0.3) is 0 Å². The quantitative estimate of drug-likeness (QED) is 0.695. The van der Waals surface area contributed by atoms with Crippen molar-refractivity contribution in [3.8, 4) is 0 Å². The molecular weight excluding hydrogens is 187 g/mol. The molecule has 2 nitrogen and oxygen atoms in total. The van der Waals surface area contributed by atoms with E-state index in [4.69, 9.17) is 28.3 Å². The Kier molecular flexibility index (Phi) is 10.4. The Morgan fingerprint density at radius 2 is 1.73 bits per heavy atom. The lowest BCUT2D eigenvalue weighted by atomic mass is 10.4. The molecule has 0 heterocycles. The predicted molar refractivity (Wildman–Crippen MR) is 48.1 cm³/mol. The van der Waals surface area contributed by atoms with Gasteiger partial charge in [-0.25, -0.2) is 0 Å². The second-order valence-corrected chi connectivity index (χ2v) is 3.67.